The molecule has 2 aliphatic heterocycles. The van der Waals surface area contributed by atoms with E-state index in [0.717, 1.165) is 41.3 Å². The Morgan fingerprint density at radius 1 is 1.07 bits per heavy atom. The summed E-state index contributed by atoms with van der Waals surface area (Å²) in [5.74, 6) is 0.0931. The highest BCUT2D eigenvalue weighted by Gasteiger charge is 2.38. The van der Waals surface area contributed by atoms with Gasteiger partial charge in [0.2, 0.25) is 0 Å². The Morgan fingerprint density at radius 3 is 2.46 bits per heavy atom. The van der Waals surface area contributed by atoms with Gasteiger partial charge in [0, 0.05) is 26.6 Å². The first-order valence-corrected chi connectivity index (χ1v) is 11.2. The van der Waals surface area contributed by atoms with Crippen LogP contribution in [-0.2, 0) is 4.79 Å². The molecule has 0 spiro atoms. The van der Waals surface area contributed by atoms with Gasteiger partial charge in [0.25, 0.3) is 0 Å². The molecule has 0 bridgehead atoms. The van der Waals surface area contributed by atoms with E-state index in [1.807, 2.05) is 18.2 Å². The van der Waals surface area contributed by atoms with Crippen LogP contribution in [0.25, 0.3) is 10.5 Å². The van der Waals surface area contributed by atoms with Crippen LogP contribution in [0.3, 0.4) is 0 Å². The first-order chi connectivity index (χ1) is 13.3. The second-order valence-electron chi connectivity index (χ2n) is 7.58. The minimum Gasteiger partial charge on any atom is -0.375 e. The molecule has 2 aromatic carbocycles. The van der Waals surface area contributed by atoms with Gasteiger partial charge in [0.05, 0.1) is 14.7 Å². The molecule has 2 nitrogen and oxygen atoms in total. The molecule has 0 fully saturated rings. The summed E-state index contributed by atoms with van der Waals surface area (Å²) >= 11 is 9.15. The third kappa shape index (κ3) is 3.36. The van der Waals surface area contributed by atoms with Crippen molar-refractivity contribution in [2.45, 2.75) is 33.2 Å². The normalized spacial score (nSPS) is 20.8. The van der Waals surface area contributed by atoms with Gasteiger partial charge in [-0.1, -0.05) is 77.7 Å². The first-order valence-electron chi connectivity index (χ1n) is 9.12. The third-order valence-electron chi connectivity index (χ3n) is 4.84. The second kappa shape index (κ2) is 7.21. The molecule has 0 saturated carbocycles. The van der Waals surface area contributed by atoms with Gasteiger partial charge >= 0.3 is 0 Å². The van der Waals surface area contributed by atoms with Gasteiger partial charge in [-0.25, -0.2) is 0 Å². The molecule has 4 rings (SSSR count). The number of carbonyl (C=O) groups excluding carboxylic acids is 1. The number of anilines is 1. The van der Waals surface area contributed by atoms with Crippen molar-refractivity contribution in [2.24, 2.45) is 0 Å². The number of fused-ring (bicyclic) bond motifs is 1. The van der Waals surface area contributed by atoms with Crippen LogP contribution in [0.15, 0.2) is 57.7 Å². The maximum Gasteiger partial charge on any atom is 0.167 e. The molecule has 2 aliphatic rings. The van der Waals surface area contributed by atoms with E-state index >= 15 is 0 Å². The Kier molecular flexibility index (Phi) is 5.02. The molecule has 2 heterocycles. The van der Waals surface area contributed by atoms with Crippen molar-refractivity contribution in [1.82, 2.24) is 0 Å². The molecule has 0 atom stereocenters. The maximum absolute atomic E-state index is 12.4. The molecule has 142 valence electrons. The van der Waals surface area contributed by atoms with Crippen molar-refractivity contribution in [3.8, 4) is 0 Å². The Hall–Kier alpha value is -1.82. The highest BCUT2D eigenvalue weighted by molar-refractivity contribution is 8.32. The van der Waals surface area contributed by atoms with Crippen LogP contribution in [-0.4, -0.2) is 16.2 Å². The lowest BCUT2D eigenvalue weighted by molar-refractivity contribution is -0.112. The quantitative estimate of drug-likeness (QED) is 0.430. The molecule has 1 N–H and O–H groups in total. The molecule has 5 heteroatoms. The highest BCUT2D eigenvalue weighted by Crippen LogP contribution is 2.57. The number of Topliss-reactive ketones (excluding diaryl/α,β-unsaturated/α-hetero) is 1. The molecule has 2 aromatic rings. The predicted molar refractivity (Wildman–Crippen MR) is 128 cm³/mol. The Labute approximate surface area is 179 Å². The average molecular weight is 424 g/mol. The maximum atomic E-state index is 12.4. The molecule has 0 amide bonds. The van der Waals surface area contributed by atoms with Crippen molar-refractivity contribution < 1.29 is 4.79 Å². The van der Waals surface area contributed by atoms with Gasteiger partial charge in [0.15, 0.2) is 5.78 Å². The van der Waals surface area contributed by atoms with Crippen molar-refractivity contribution in [3.05, 3.63) is 74.4 Å². The van der Waals surface area contributed by atoms with Gasteiger partial charge in [-0.15, -0.1) is 0 Å². The largest absolute Gasteiger partial charge is 0.375 e. The molecule has 0 saturated heterocycles. The number of nitrogens with one attached hydrogen (secondary N) is 1. The Bertz CT molecular complexity index is 1060. The van der Waals surface area contributed by atoms with Crippen molar-refractivity contribution >= 4 is 62.6 Å². The summed E-state index contributed by atoms with van der Waals surface area (Å²) in [6.45, 7) is 7.96. The van der Waals surface area contributed by atoms with Crippen molar-refractivity contribution in [2.75, 3.05) is 5.32 Å². The Balaban J connectivity index is 1.89. The van der Waals surface area contributed by atoms with E-state index in [-0.39, 0.29) is 11.3 Å². The van der Waals surface area contributed by atoms with Crippen LogP contribution in [0, 0.1) is 6.92 Å². The van der Waals surface area contributed by atoms with Gasteiger partial charge in [-0.3, -0.25) is 4.79 Å². The van der Waals surface area contributed by atoms with Crippen LogP contribution in [0.4, 0.5) is 5.69 Å². The minimum absolute atomic E-state index is 0.0931. The number of hydrogen-bond donors (Lipinski definition) is 1. The summed E-state index contributed by atoms with van der Waals surface area (Å²) in [5, 5.41) is 3.57. The van der Waals surface area contributed by atoms with Gasteiger partial charge in [0.1, 0.15) is 0 Å². The van der Waals surface area contributed by atoms with Crippen molar-refractivity contribution in [3.63, 3.8) is 0 Å². The fourth-order valence-corrected chi connectivity index (χ4v) is 6.57. The van der Waals surface area contributed by atoms with Gasteiger partial charge in [-0.05, 0) is 45.4 Å². The fraction of sp³-hybridized carbons (Fsp3) is 0.217. The third-order valence-corrected chi connectivity index (χ3v) is 8.30. The number of hydrogen-bond acceptors (Lipinski definition) is 5. The lowest BCUT2D eigenvalue weighted by atomic mass is 9.85. The van der Waals surface area contributed by atoms with E-state index in [1.54, 1.807) is 30.4 Å². The summed E-state index contributed by atoms with van der Waals surface area (Å²) in [6, 6.07) is 16.5. The zero-order valence-electron chi connectivity index (χ0n) is 16.3. The lowest BCUT2D eigenvalue weighted by Crippen LogP contribution is -2.43. The zero-order valence-corrected chi connectivity index (χ0v) is 18.7. The highest BCUT2D eigenvalue weighted by atomic mass is 32.2. The summed E-state index contributed by atoms with van der Waals surface area (Å²) in [6.07, 6.45) is 0. The van der Waals surface area contributed by atoms with E-state index in [2.05, 4.69) is 56.4 Å². The van der Waals surface area contributed by atoms with Crippen LogP contribution in [0.5, 0.6) is 0 Å². The number of benzene rings is 2. The number of ketones is 1. The van der Waals surface area contributed by atoms with Gasteiger partial charge < -0.3 is 5.32 Å². The molecule has 28 heavy (non-hydrogen) atoms. The summed E-state index contributed by atoms with van der Waals surface area (Å²) in [4.78, 5) is 15.1. The summed E-state index contributed by atoms with van der Waals surface area (Å²) < 4.78 is 1.09. The molecule has 0 aliphatic carbocycles. The average Bonchev–Trinajstić information content (AvgIpc) is 3.09. The molecule has 0 aromatic heterocycles. The number of rotatable bonds is 2. The summed E-state index contributed by atoms with van der Waals surface area (Å²) in [7, 11) is 0. The van der Waals surface area contributed by atoms with E-state index in [4.69, 9.17) is 12.2 Å². The fourth-order valence-electron chi connectivity index (χ4n) is 3.42. The zero-order chi connectivity index (χ0) is 20.1. The topological polar surface area (TPSA) is 29.1 Å². The van der Waals surface area contributed by atoms with Crippen LogP contribution >= 0.6 is 35.7 Å². The van der Waals surface area contributed by atoms with Crippen LogP contribution < -0.4 is 5.32 Å². The van der Waals surface area contributed by atoms with Crippen LogP contribution in [0.2, 0.25) is 0 Å². The standard InChI is InChI=1S/C23H21NOS3/c1-13-10-11-17-16(12-13)18(21(26)23(3,4)24-17)22-27-19(14(2)25)20(28-22)15-8-6-5-7-9-15/h5-12,24H,1-4H3/b22-18+. The predicted octanol–water partition coefficient (Wildman–Crippen LogP) is 6.68. The molecular weight excluding hydrogens is 402 g/mol. The number of carbonyl (C=O) groups is 1. The number of thiocarbonyl (C=S) groups is 1. The first kappa shape index (κ1) is 19.5. The molecular formula is C23H21NOS3. The minimum atomic E-state index is -0.326. The lowest BCUT2D eigenvalue weighted by Gasteiger charge is -2.37. The second-order valence-corrected chi connectivity index (χ2v) is 10.3. The monoisotopic (exact) mass is 423 g/mol. The summed E-state index contributed by atoms with van der Waals surface area (Å²) in [5.41, 5.74) is 5.23. The van der Waals surface area contributed by atoms with Crippen LogP contribution in [0.1, 0.15) is 37.5 Å². The molecule has 0 radical (unpaired) electrons. The molecule has 0 unspecified atom stereocenters. The number of aryl methyl sites for hydroxylation is 1. The smallest absolute Gasteiger partial charge is 0.167 e. The van der Waals surface area contributed by atoms with E-state index in [1.165, 1.54) is 5.56 Å². The SMILES string of the molecule is CC(=O)C1=C(c2ccccc2)S/C(=C2/C(=S)C(C)(C)Nc3ccc(C)cc32)S1. The number of allylic oxidation sites excluding steroid dienone is 1. The van der Waals surface area contributed by atoms with E-state index in [0.29, 0.717) is 0 Å². The van der Waals surface area contributed by atoms with E-state index in [9.17, 15) is 4.79 Å². The number of thioether (sulfide) groups is 2. The van der Waals surface area contributed by atoms with Crippen molar-refractivity contribution in [1.29, 1.82) is 0 Å². The van der Waals surface area contributed by atoms with Gasteiger partial charge in [-0.2, -0.15) is 0 Å². The van der Waals surface area contributed by atoms with E-state index < -0.39 is 0 Å². The Morgan fingerprint density at radius 2 is 1.79 bits per heavy atom.